The van der Waals surface area contributed by atoms with Crippen LogP contribution in [0.1, 0.15) is 50.2 Å². The number of rotatable bonds is 4. The molecule has 2 aliphatic heterocycles. The summed E-state index contributed by atoms with van der Waals surface area (Å²) in [5.41, 5.74) is -0.194. The molecule has 0 aromatic carbocycles. The van der Waals surface area contributed by atoms with E-state index in [0.717, 1.165) is 63.5 Å². The summed E-state index contributed by atoms with van der Waals surface area (Å²) in [5, 5.41) is 12.2. The molecule has 4 heterocycles. The molecule has 0 saturated carbocycles. The number of aromatic nitrogens is 5. The highest BCUT2D eigenvalue weighted by molar-refractivity contribution is 5.85. The number of carbonyl (C=O) groups is 1. The Morgan fingerprint density at radius 3 is 2.52 bits per heavy atom. The van der Waals surface area contributed by atoms with Crippen LogP contribution in [0.25, 0.3) is 0 Å². The molecule has 2 aliphatic rings. The average molecular weight is 444 g/mol. The summed E-state index contributed by atoms with van der Waals surface area (Å²) < 4.78 is 4.10. The predicted octanol–water partition coefficient (Wildman–Crippen LogP) is 2.00. The Hall–Kier alpha value is -1.64. The normalized spacial score (nSPS) is 19.3. The van der Waals surface area contributed by atoms with Crippen molar-refractivity contribution in [2.45, 2.75) is 45.1 Å². The number of amides is 1. The van der Waals surface area contributed by atoms with E-state index in [1.54, 1.807) is 12.5 Å². The van der Waals surface area contributed by atoms with Crippen molar-refractivity contribution in [2.24, 2.45) is 12.5 Å². The van der Waals surface area contributed by atoms with Crippen LogP contribution in [0.4, 0.5) is 0 Å². The van der Waals surface area contributed by atoms with Gasteiger partial charge in [-0.15, -0.1) is 35.0 Å². The van der Waals surface area contributed by atoms with Crippen LogP contribution < -0.4 is 5.32 Å². The van der Waals surface area contributed by atoms with Crippen LogP contribution in [0, 0.1) is 5.41 Å². The molecule has 10 heteroatoms. The number of imidazole rings is 1. The smallest absolute Gasteiger partial charge is 0.228 e. The van der Waals surface area contributed by atoms with Gasteiger partial charge in [0.05, 0.1) is 12.9 Å². The fourth-order valence-electron chi connectivity index (χ4n) is 4.33. The van der Waals surface area contributed by atoms with Crippen molar-refractivity contribution < 1.29 is 4.79 Å². The first-order chi connectivity index (χ1) is 13.1. The lowest BCUT2D eigenvalue weighted by molar-refractivity contribution is -0.143. The number of nitrogens with one attached hydrogen (secondary N) is 1. The van der Waals surface area contributed by atoms with Gasteiger partial charge in [-0.3, -0.25) is 4.79 Å². The van der Waals surface area contributed by atoms with E-state index in [0.29, 0.717) is 18.4 Å². The highest BCUT2D eigenvalue weighted by Gasteiger charge is 2.39. The van der Waals surface area contributed by atoms with Crippen LogP contribution in [0.3, 0.4) is 0 Å². The first-order valence-electron chi connectivity index (χ1n) is 9.91. The summed E-state index contributed by atoms with van der Waals surface area (Å²) in [6, 6.07) is 0. The van der Waals surface area contributed by atoms with Gasteiger partial charge in [0.15, 0.2) is 5.82 Å². The third-order valence-electron chi connectivity index (χ3n) is 6.25. The summed E-state index contributed by atoms with van der Waals surface area (Å²) in [7, 11) is 2.04. The van der Waals surface area contributed by atoms with Gasteiger partial charge in [0.2, 0.25) is 5.91 Å². The van der Waals surface area contributed by atoms with E-state index in [9.17, 15) is 4.79 Å². The summed E-state index contributed by atoms with van der Waals surface area (Å²) in [4.78, 5) is 19.2. The van der Waals surface area contributed by atoms with Gasteiger partial charge in [0, 0.05) is 43.9 Å². The maximum absolute atomic E-state index is 13.0. The largest absolute Gasteiger partial charge is 0.342 e. The minimum absolute atomic E-state index is 0. The Labute approximate surface area is 184 Å². The van der Waals surface area contributed by atoms with Gasteiger partial charge in [-0.2, -0.15) is 0 Å². The molecule has 29 heavy (non-hydrogen) atoms. The van der Waals surface area contributed by atoms with Gasteiger partial charge < -0.3 is 19.4 Å². The van der Waals surface area contributed by atoms with Crippen molar-refractivity contribution in [3.05, 3.63) is 30.4 Å². The molecule has 0 aliphatic carbocycles. The zero-order valence-corrected chi connectivity index (χ0v) is 18.7. The molecule has 0 radical (unpaired) electrons. The molecule has 0 spiro atoms. The molecule has 2 aromatic rings. The Balaban J connectivity index is 0.00000150. The van der Waals surface area contributed by atoms with E-state index in [2.05, 4.69) is 36.9 Å². The Bertz CT molecular complexity index is 779. The molecular weight excluding hydrogens is 413 g/mol. The van der Waals surface area contributed by atoms with Crippen LogP contribution in [-0.4, -0.2) is 61.3 Å². The number of halogens is 2. The fraction of sp³-hybridized carbons (Fsp3) is 0.684. The van der Waals surface area contributed by atoms with E-state index in [4.69, 9.17) is 0 Å². The number of nitrogens with zero attached hydrogens (tertiary/aromatic N) is 6. The van der Waals surface area contributed by atoms with E-state index in [-0.39, 0.29) is 30.2 Å². The predicted molar refractivity (Wildman–Crippen MR) is 116 cm³/mol. The highest BCUT2D eigenvalue weighted by atomic mass is 35.5. The Kier molecular flexibility index (Phi) is 8.08. The van der Waals surface area contributed by atoms with Crippen molar-refractivity contribution in [1.82, 2.24) is 34.5 Å². The van der Waals surface area contributed by atoms with Crippen LogP contribution in [-0.2, 0) is 18.4 Å². The van der Waals surface area contributed by atoms with Gasteiger partial charge in [-0.1, -0.05) is 6.92 Å². The standard InChI is InChI=1S/C19H29N7O.2ClH/c1-19(5-7-20-8-6-19)18(27)26-10-3-15(4-11-26)17-23-22-16(24(17)2)13-25-12-9-21-14-25;;/h9,12,14-15,20H,3-8,10-11,13H2,1-2H3;2*1H. The summed E-state index contributed by atoms with van der Waals surface area (Å²) in [6.45, 7) is 6.32. The van der Waals surface area contributed by atoms with Gasteiger partial charge in [-0.05, 0) is 38.8 Å². The third-order valence-corrected chi connectivity index (χ3v) is 6.25. The van der Waals surface area contributed by atoms with Crippen molar-refractivity contribution in [2.75, 3.05) is 26.2 Å². The van der Waals surface area contributed by atoms with Crippen molar-refractivity contribution in [3.63, 3.8) is 0 Å². The van der Waals surface area contributed by atoms with Crippen molar-refractivity contribution >= 4 is 30.7 Å². The zero-order chi connectivity index (χ0) is 18.9. The second-order valence-electron chi connectivity index (χ2n) is 8.15. The molecule has 1 amide bonds. The SMILES string of the molecule is Cl.Cl.Cn1c(Cn2ccnc2)nnc1C1CCN(C(=O)C2(C)CCNCC2)CC1. The van der Waals surface area contributed by atoms with E-state index >= 15 is 0 Å². The number of likely N-dealkylation sites (tertiary alicyclic amines) is 1. The lowest BCUT2D eigenvalue weighted by Crippen LogP contribution is -2.49. The molecule has 8 nitrogen and oxygen atoms in total. The van der Waals surface area contributed by atoms with E-state index in [1.165, 1.54) is 0 Å². The first kappa shape index (κ1) is 23.6. The molecule has 1 N–H and O–H groups in total. The van der Waals surface area contributed by atoms with Gasteiger partial charge >= 0.3 is 0 Å². The molecule has 4 rings (SSSR count). The van der Waals surface area contributed by atoms with Gasteiger partial charge in [0.1, 0.15) is 5.82 Å². The lowest BCUT2D eigenvalue weighted by atomic mass is 9.79. The van der Waals surface area contributed by atoms with Gasteiger partial charge in [0.25, 0.3) is 0 Å². The third kappa shape index (κ3) is 4.92. The van der Waals surface area contributed by atoms with E-state index < -0.39 is 0 Å². The second kappa shape index (κ2) is 9.91. The maximum atomic E-state index is 13.0. The summed E-state index contributed by atoms with van der Waals surface area (Å²) >= 11 is 0. The van der Waals surface area contributed by atoms with Crippen LogP contribution in [0.15, 0.2) is 18.7 Å². The molecular formula is C19H31Cl2N7O. The van der Waals surface area contributed by atoms with Gasteiger partial charge in [-0.25, -0.2) is 4.98 Å². The topological polar surface area (TPSA) is 80.9 Å². The Morgan fingerprint density at radius 2 is 1.90 bits per heavy atom. The van der Waals surface area contributed by atoms with Crippen LogP contribution >= 0.6 is 24.8 Å². The number of piperidine rings is 2. The van der Waals surface area contributed by atoms with Crippen molar-refractivity contribution in [3.8, 4) is 0 Å². The molecule has 2 aromatic heterocycles. The molecule has 2 saturated heterocycles. The number of hydrogen-bond acceptors (Lipinski definition) is 5. The minimum Gasteiger partial charge on any atom is -0.342 e. The summed E-state index contributed by atoms with van der Waals surface area (Å²) in [5.74, 6) is 2.67. The highest BCUT2D eigenvalue weighted by Crippen LogP contribution is 2.34. The molecule has 2 fully saturated rings. The Morgan fingerprint density at radius 1 is 1.21 bits per heavy atom. The quantitative estimate of drug-likeness (QED) is 0.781. The van der Waals surface area contributed by atoms with Crippen LogP contribution in [0.2, 0.25) is 0 Å². The zero-order valence-electron chi connectivity index (χ0n) is 17.1. The molecule has 0 unspecified atom stereocenters. The number of hydrogen-bond donors (Lipinski definition) is 1. The lowest BCUT2D eigenvalue weighted by Gasteiger charge is -2.40. The molecule has 162 valence electrons. The first-order valence-corrected chi connectivity index (χ1v) is 9.91. The molecule has 0 bridgehead atoms. The fourth-order valence-corrected chi connectivity index (χ4v) is 4.33. The van der Waals surface area contributed by atoms with Crippen molar-refractivity contribution in [1.29, 1.82) is 0 Å². The maximum Gasteiger partial charge on any atom is 0.228 e. The molecule has 0 atom stereocenters. The average Bonchev–Trinajstić information content (AvgIpc) is 3.33. The minimum atomic E-state index is -0.194. The monoisotopic (exact) mass is 443 g/mol. The van der Waals surface area contributed by atoms with Crippen LogP contribution in [0.5, 0.6) is 0 Å². The summed E-state index contributed by atoms with van der Waals surface area (Å²) in [6.07, 6.45) is 9.28. The van der Waals surface area contributed by atoms with E-state index in [1.807, 2.05) is 17.8 Å². The second-order valence-corrected chi connectivity index (χ2v) is 8.15. The number of carbonyl (C=O) groups excluding carboxylic acids is 1.